The van der Waals surface area contributed by atoms with Crippen molar-refractivity contribution in [2.24, 2.45) is 4.99 Å². The van der Waals surface area contributed by atoms with Gasteiger partial charge in [0.1, 0.15) is 12.4 Å². The first-order valence-corrected chi connectivity index (χ1v) is 10.7. The molecular weight excluding hydrogens is 445 g/mol. The Morgan fingerprint density at radius 2 is 1.91 bits per heavy atom. The Hall–Kier alpha value is -3.64. The first-order valence-electron chi connectivity index (χ1n) is 10.4. The van der Waals surface area contributed by atoms with Gasteiger partial charge in [-0.05, 0) is 66.9 Å². The van der Waals surface area contributed by atoms with E-state index in [1.807, 2.05) is 38.1 Å². The second kappa shape index (κ2) is 9.88. The van der Waals surface area contributed by atoms with Crippen LogP contribution in [0.3, 0.4) is 0 Å². The summed E-state index contributed by atoms with van der Waals surface area (Å²) in [6.07, 6.45) is 1.54. The first-order chi connectivity index (χ1) is 15.9. The molecular formula is C26H21ClFNO4. The van der Waals surface area contributed by atoms with Crippen molar-refractivity contribution in [2.45, 2.75) is 20.5 Å². The third-order valence-corrected chi connectivity index (χ3v) is 5.24. The van der Waals surface area contributed by atoms with Crippen molar-refractivity contribution in [3.8, 4) is 11.5 Å². The van der Waals surface area contributed by atoms with E-state index in [4.69, 9.17) is 25.8 Å². The van der Waals surface area contributed by atoms with Gasteiger partial charge in [0.05, 0.1) is 11.6 Å². The van der Waals surface area contributed by atoms with Crippen molar-refractivity contribution < 1.29 is 23.4 Å². The standard InChI is InChI=1S/C26H21ClFNO4/c1-3-31-23-13-17(11-21(27)24(23)32-15-19-8-5-4-7-16(19)2)12-22-26(30)33-25(29-22)18-9-6-10-20(28)14-18/h4-14H,3,15H2,1-2H3/b22-12-. The molecule has 1 aliphatic heterocycles. The summed E-state index contributed by atoms with van der Waals surface area (Å²) in [5.74, 6) is -0.172. The van der Waals surface area contributed by atoms with Gasteiger partial charge in [-0.2, -0.15) is 0 Å². The molecule has 1 aliphatic rings. The highest BCUT2D eigenvalue weighted by molar-refractivity contribution is 6.32. The van der Waals surface area contributed by atoms with Gasteiger partial charge < -0.3 is 14.2 Å². The van der Waals surface area contributed by atoms with E-state index in [0.717, 1.165) is 11.1 Å². The van der Waals surface area contributed by atoms with Crippen molar-refractivity contribution in [3.63, 3.8) is 0 Å². The lowest BCUT2D eigenvalue weighted by atomic mass is 10.1. The quantitative estimate of drug-likeness (QED) is 0.312. The number of carbonyl (C=O) groups excluding carboxylic acids is 1. The highest BCUT2D eigenvalue weighted by Crippen LogP contribution is 2.38. The molecule has 0 atom stereocenters. The second-order valence-electron chi connectivity index (χ2n) is 7.32. The lowest BCUT2D eigenvalue weighted by Crippen LogP contribution is -2.05. The van der Waals surface area contributed by atoms with Crippen LogP contribution in [-0.2, 0) is 16.1 Å². The number of halogens is 2. The van der Waals surface area contributed by atoms with E-state index in [1.165, 1.54) is 24.3 Å². The molecule has 3 aromatic carbocycles. The van der Waals surface area contributed by atoms with E-state index in [2.05, 4.69) is 4.99 Å². The molecule has 168 valence electrons. The van der Waals surface area contributed by atoms with E-state index in [-0.39, 0.29) is 11.6 Å². The lowest BCUT2D eigenvalue weighted by Gasteiger charge is -2.15. The fourth-order valence-electron chi connectivity index (χ4n) is 3.31. The molecule has 0 aromatic heterocycles. The molecule has 0 fully saturated rings. The summed E-state index contributed by atoms with van der Waals surface area (Å²) in [6.45, 7) is 4.61. The summed E-state index contributed by atoms with van der Waals surface area (Å²) in [4.78, 5) is 16.5. The number of esters is 1. The number of carbonyl (C=O) groups is 1. The monoisotopic (exact) mass is 465 g/mol. The van der Waals surface area contributed by atoms with Gasteiger partial charge in [-0.25, -0.2) is 14.2 Å². The summed E-state index contributed by atoms with van der Waals surface area (Å²) in [7, 11) is 0. The summed E-state index contributed by atoms with van der Waals surface area (Å²) < 4.78 is 30.4. The molecule has 7 heteroatoms. The van der Waals surface area contributed by atoms with Gasteiger partial charge >= 0.3 is 5.97 Å². The van der Waals surface area contributed by atoms with Crippen molar-refractivity contribution in [3.05, 3.63) is 99.5 Å². The Kier molecular flexibility index (Phi) is 6.75. The van der Waals surface area contributed by atoms with Crippen molar-refractivity contribution in [1.29, 1.82) is 0 Å². The maximum Gasteiger partial charge on any atom is 0.363 e. The molecule has 0 bridgehead atoms. The van der Waals surface area contributed by atoms with Gasteiger partial charge in [0.15, 0.2) is 17.2 Å². The molecule has 1 heterocycles. The molecule has 0 amide bonds. The number of ether oxygens (including phenoxy) is 3. The van der Waals surface area contributed by atoms with Crippen LogP contribution < -0.4 is 9.47 Å². The van der Waals surface area contributed by atoms with Crippen LogP contribution in [0.1, 0.15) is 29.2 Å². The third kappa shape index (κ3) is 5.23. The average Bonchev–Trinajstić information content (AvgIpc) is 3.15. The van der Waals surface area contributed by atoms with Crippen LogP contribution in [0.2, 0.25) is 5.02 Å². The second-order valence-corrected chi connectivity index (χ2v) is 7.73. The Morgan fingerprint density at radius 3 is 2.67 bits per heavy atom. The Balaban J connectivity index is 1.62. The van der Waals surface area contributed by atoms with Crippen LogP contribution in [0, 0.1) is 12.7 Å². The molecule has 0 N–H and O–H groups in total. The van der Waals surface area contributed by atoms with Crippen molar-refractivity contribution in [1.82, 2.24) is 0 Å². The Morgan fingerprint density at radius 1 is 1.09 bits per heavy atom. The van der Waals surface area contributed by atoms with E-state index in [9.17, 15) is 9.18 Å². The summed E-state index contributed by atoms with van der Waals surface area (Å²) in [6, 6.07) is 17.0. The van der Waals surface area contributed by atoms with Gasteiger partial charge in [-0.1, -0.05) is 41.9 Å². The molecule has 0 saturated carbocycles. The zero-order chi connectivity index (χ0) is 23.4. The highest BCUT2D eigenvalue weighted by Gasteiger charge is 2.25. The molecule has 0 aliphatic carbocycles. The Bertz CT molecular complexity index is 1270. The van der Waals surface area contributed by atoms with Crippen LogP contribution in [0.4, 0.5) is 4.39 Å². The largest absolute Gasteiger partial charge is 0.490 e. The first kappa shape index (κ1) is 22.6. The van der Waals surface area contributed by atoms with Crippen molar-refractivity contribution in [2.75, 3.05) is 6.61 Å². The fraction of sp³-hybridized carbons (Fsp3) is 0.154. The molecule has 5 nitrogen and oxygen atoms in total. The summed E-state index contributed by atoms with van der Waals surface area (Å²) >= 11 is 6.51. The number of cyclic esters (lactones) is 1. The number of benzene rings is 3. The van der Waals surface area contributed by atoms with E-state index < -0.39 is 11.8 Å². The SMILES string of the molecule is CCOc1cc(/C=C2\N=C(c3cccc(F)c3)OC2=O)cc(Cl)c1OCc1ccccc1C. The minimum Gasteiger partial charge on any atom is -0.490 e. The van der Waals surface area contributed by atoms with Crippen LogP contribution in [0.5, 0.6) is 11.5 Å². The number of aryl methyl sites for hydroxylation is 1. The topological polar surface area (TPSA) is 57.1 Å². The maximum absolute atomic E-state index is 13.5. The van der Waals surface area contributed by atoms with Crippen LogP contribution >= 0.6 is 11.6 Å². The van der Waals surface area contributed by atoms with Gasteiger partial charge in [0.25, 0.3) is 0 Å². The van der Waals surface area contributed by atoms with Gasteiger partial charge in [0, 0.05) is 5.56 Å². The van der Waals surface area contributed by atoms with Crippen LogP contribution in [0.25, 0.3) is 6.08 Å². The fourth-order valence-corrected chi connectivity index (χ4v) is 3.58. The molecule has 0 spiro atoms. The molecule has 0 radical (unpaired) electrons. The number of rotatable bonds is 7. The predicted octanol–water partition coefficient (Wildman–Crippen LogP) is 6.11. The van der Waals surface area contributed by atoms with Gasteiger partial charge in [0.2, 0.25) is 5.90 Å². The minimum atomic E-state index is -0.636. The zero-order valence-electron chi connectivity index (χ0n) is 18.1. The number of hydrogen-bond donors (Lipinski definition) is 0. The zero-order valence-corrected chi connectivity index (χ0v) is 18.9. The smallest absolute Gasteiger partial charge is 0.363 e. The third-order valence-electron chi connectivity index (χ3n) is 4.96. The molecule has 3 aromatic rings. The number of aliphatic imine (C=N–C) groups is 1. The molecule has 0 unspecified atom stereocenters. The minimum absolute atomic E-state index is 0.0417. The van der Waals surface area contributed by atoms with E-state index >= 15 is 0 Å². The Labute approximate surface area is 196 Å². The van der Waals surface area contributed by atoms with E-state index in [1.54, 1.807) is 18.2 Å². The highest BCUT2D eigenvalue weighted by atomic mass is 35.5. The van der Waals surface area contributed by atoms with Gasteiger partial charge in [-0.15, -0.1) is 0 Å². The molecule has 4 rings (SSSR count). The normalized spacial score (nSPS) is 14.2. The predicted molar refractivity (Wildman–Crippen MR) is 125 cm³/mol. The van der Waals surface area contributed by atoms with Gasteiger partial charge in [-0.3, -0.25) is 0 Å². The molecule has 33 heavy (non-hydrogen) atoms. The lowest BCUT2D eigenvalue weighted by molar-refractivity contribution is -0.129. The number of hydrogen-bond acceptors (Lipinski definition) is 5. The summed E-state index contributed by atoms with van der Waals surface area (Å²) in [5, 5.41) is 0.335. The number of nitrogens with zero attached hydrogens (tertiary/aromatic N) is 1. The van der Waals surface area contributed by atoms with E-state index in [0.29, 0.717) is 40.9 Å². The average molecular weight is 466 g/mol. The maximum atomic E-state index is 13.5. The van der Waals surface area contributed by atoms with Crippen LogP contribution in [0.15, 0.2) is 71.4 Å². The molecule has 0 saturated heterocycles. The summed E-state index contributed by atoms with van der Waals surface area (Å²) in [5.41, 5.74) is 3.18. The van der Waals surface area contributed by atoms with Crippen LogP contribution in [-0.4, -0.2) is 18.5 Å². The van der Waals surface area contributed by atoms with Crippen molar-refractivity contribution >= 4 is 29.5 Å².